The molecular weight excluding hydrogens is 713 g/mol. The third-order valence-electron chi connectivity index (χ3n) is 11.0. The molecule has 8 heteroatoms. The van der Waals surface area contributed by atoms with Crippen LogP contribution < -0.4 is 0 Å². The van der Waals surface area contributed by atoms with E-state index in [4.69, 9.17) is 19.9 Å². The molecule has 6 heterocycles. The van der Waals surface area contributed by atoms with E-state index in [1.165, 1.54) is 0 Å². The molecule has 0 unspecified atom stereocenters. The third-order valence-corrected chi connectivity index (χ3v) is 11.0. The van der Waals surface area contributed by atoms with Crippen molar-refractivity contribution in [2.75, 3.05) is 0 Å². The minimum atomic E-state index is 0.524. The van der Waals surface area contributed by atoms with E-state index in [9.17, 15) is 0 Å². The van der Waals surface area contributed by atoms with Crippen molar-refractivity contribution in [1.29, 1.82) is 0 Å². The first kappa shape index (κ1) is 32.2. The normalized spacial score (nSPS) is 11.8. The second kappa shape index (κ2) is 12.7. The maximum atomic E-state index is 5.31. The van der Waals surface area contributed by atoms with Gasteiger partial charge >= 0.3 is 0 Å². The Balaban J connectivity index is 1.16. The summed E-state index contributed by atoms with van der Waals surface area (Å²) in [6.45, 7) is 0. The van der Waals surface area contributed by atoms with Crippen LogP contribution in [0.15, 0.2) is 182 Å². The predicted molar refractivity (Wildman–Crippen MR) is 233 cm³/mol. The molecule has 0 amide bonds. The fourth-order valence-electron chi connectivity index (χ4n) is 8.41. The van der Waals surface area contributed by atoms with Crippen molar-refractivity contribution in [2.45, 2.75) is 0 Å². The molecule has 0 bridgehead atoms. The Morgan fingerprint density at radius 2 is 0.897 bits per heavy atom. The number of fused-ring (bicyclic) bond motifs is 11. The highest BCUT2D eigenvalue weighted by Gasteiger charge is 2.21. The lowest BCUT2D eigenvalue weighted by Gasteiger charge is -2.13. The van der Waals surface area contributed by atoms with Gasteiger partial charge in [0.2, 0.25) is 5.95 Å². The zero-order valence-corrected chi connectivity index (χ0v) is 30.9. The summed E-state index contributed by atoms with van der Waals surface area (Å²) in [6, 6.07) is 58.4. The van der Waals surface area contributed by atoms with Crippen molar-refractivity contribution in [2.24, 2.45) is 0 Å². The van der Waals surface area contributed by atoms with E-state index in [-0.39, 0.29) is 0 Å². The number of hydrogen-bond donors (Lipinski definition) is 0. The van der Waals surface area contributed by atoms with E-state index in [1.54, 1.807) is 0 Å². The van der Waals surface area contributed by atoms with E-state index in [0.717, 1.165) is 93.8 Å². The van der Waals surface area contributed by atoms with Gasteiger partial charge in [-0.05, 0) is 72.1 Å². The average molecular weight is 743 g/mol. The number of hydrogen-bond acceptors (Lipinski definition) is 6. The standard InChI is InChI=1S/C50H30N8/c1-2-19-37-35(17-1)38-29-46-39(30-45(38)57-44-24-6-4-22-42(44)53-49(37)57)36-18-3-5-23-43(36)58(46)50-55-47(33-15-11-13-31(27-33)40-20-7-9-25-51-40)54-48(56-50)34-16-12-14-32(28-34)41-21-8-10-26-52-41/h1-30H. The molecular formula is C50H30N8. The lowest BCUT2D eigenvalue weighted by Crippen LogP contribution is -2.06. The van der Waals surface area contributed by atoms with Crippen LogP contribution in [0.2, 0.25) is 0 Å². The van der Waals surface area contributed by atoms with Crippen molar-refractivity contribution >= 4 is 60.2 Å². The minimum Gasteiger partial charge on any atom is -0.292 e. The van der Waals surface area contributed by atoms with Gasteiger partial charge in [0.25, 0.3) is 0 Å². The summed E-state index contributed by atoms with van der Waals surface area (Å²) in [5.41, 5.74) is 11.5. The molecule has 6 aromatic carbocycles. The molecule has 58 heavy (non-hydrogen) atoms. The van der Waals surface area contributed by atoms with Gasteiger partial charge in [-0.1, -0.05) is 103 Å². The lowest BCUT2D eigenvalue weighted by atomic mass is 10.0. The van der Waals surface area contributed by atoms with E-state index >= 15 is 0 Å². The van der Waals surface area contributed by atoms with Gasteiger partial charge in [-0.15, -0.1) is 0 Å². The van der Waals surface area contributed by atoms with Crippen LogP contribution in [0, 0.1) is 0 Å². The summed E-state index contributed by atoms with van der Waals surface area (Å²) in [6.07, 6.45) is 3.62. The summed E-state index contributed by atoms with van der Waals surface area (Å²) in [5, 5.41) is 5.54. The number of nitrogens with zero attached hydrogens (tertiary/aromatic N) is 8. The maximum absolute atomic E-state index is 5.31. The number of benzene rings is 6. The first-order valence-corrected chi connectivity index (χ1v) is 19.2. The largest absolute Gasteiger partial charge is 0.292 e. The summed E-state index contributed by atoms with van der Waals surface area (Å²) < 4.78 is 4.50. The van der Waals surface area contributed by atoms with Crippen molar-refractivity contribution < 1.29 is 0 Å². The summed E-state index contributed by atoms with van der Waals surface area (Å²) >= 11 is 0. The molecule has 0 aliphatic carbocycles. The number of pyridine rings is 3. The average Bonchev–Trinajstić information content (AvgIpc) is 3.85. The summed E-state index contributed by atoms with van der Waals surface area (Å²) in [7, 11) is 0. The van der Waals surface area contributed by atoms with E-state index < -0.39 is 0 Å². The molecule has 0 aliphatic rings. The fraction of sp³-hybridized carbons (Fsp3) is 0. The van der Waals surface area contributed by atoms with E-state index in [1.807, 2.05) is 79.1 Å². The molecule has 12 aromatic rings. The number of rotatable bonds is 5. The Bertz CT molecular complexity index is 3470. The minimum absolute atomic E-state index is 0.524. The Morgan fingerprint density at radius 3 is 1.57 bits per heavy atom. The van der Waals surface area contributed by atoms with Gasteiger partial charge in [0.1, 0.15) is 5.65 Å². The zero-order valence-electron chi connectivity index (χ0n) is 30.9. The molecule has 0 saturated carbocycles. The monoisotopic (exact) mass is 742 g/mol. The second-order valence-corrected chi connectivity index (χ2v) is 14.4. The highest BCUT2D eigenvalue weighted by Crippen LogP contribution is 2.39. The highest BCUT2D eigenvalue weighted by molar-refractivity contribution is 6.20. The Morgan fingerprint density at radius 1 is 0.345 bits per heavy atom. The number of aromatic nitrogens is 8. The van der Waals surface area contributed by atoms with Gasteiger partial charge in [0.15, 0.2) is 11.6 Å². The summed E-state index contributed by atoms with van der Waals surface area (Å²) in [4.78, 5) is 30.2. The van der Waals surface area contributed by atoms with Crippen LogP contribution in [0.1, 0.15) is 0 Å². The van der Waals surface area contributed by atoms with Crippen molar-refractivity contribution in [3.05, 3.63) is 182 Å². The lowest BCUT2D eigenvalue weighted by molar-refractivity contribution is 0.954. The van der Waals surface area contributed by atoms with Gasteiger partial charge in [-0.25, -0.2) is 9.97 Å². The van der Waals surface area contributed by atoms with E-state index in [2.05, 4.69) is 122 Å². The van der Waals surface area contributed by atoms with Crippen LogP contribution in [-0.4, -0.2) is 38.9 Å². The Hall–Kier alpha value is -8.10. The SMILES string of the molecule is c1ccc(-c2cccc(-c3nc(-c4cccc(-c5ccccn5)c4)nc(-n4c5ccccc5c5cc6c(cc54)c4ccccc4c4nc5ccccc5n64)n3)c2)nc1. The first-order valence-electron chi connectivity index (χ1n) is 19.2. The predicted octanol–water partition coefficient (Wildman–Crippen LogP) is 11.5. The molecule has 0 aliphatic heterocycles. The van der Waals surface area contributed by atoms with E-state index in [0.29, 0.717) is 17.6 Å². The summed E-state index contributed by atoms with van der Waals surface area (Å²) in [5.74, 6) is 1.64. The van der Waals surface area contributed by atoms with Gasteiger partial charge in [0, 0.05) is 56.2 Å². The van der Waals surface area contributed by atoms with Gasteiger partial charge in [0.05, 0.1) is 39.0 Å². The van der Waals surface area contributed by atoms with Crippen LogP contribution >= 0.6 is 0 Å². The smallest absolute Gasteiger partial charge is 0.238 e. The quantitative estimate of drug-likeness (QED) is 0.163. The molecule has 0 saturated heterocycles. The first-order chi connectivity index (χ1) is 28.7. The topological polar surface area (TPSA) is 86.7 Å². The van der Waals surface area contributed by atoms with Crippen LogP contribution in [0.5, 0.6) is 0 Å². The molecule has 0 atom stereocenters. The van der Waals surface area contributed by atoms with Crippen molar-refractivity contribution in [3.63, 3.8) is 0 Å². The van der Waals surface area contributed by atoms with Gasteiger partial charge < -0.3 is 0 Å². The van der Waals surface area contributed by atoms with Crippen LogP contribution in [0.4, 0.5) is 0 Å². The highest BCUT2D eigenvalue weighted by atomic mass is 15.2. The van der Waals surface area contributed by atoms with Crippen LogP contribution in [0.25, 0.3) is 111 Å². The second-order valence-electron chi connectivity index (χ2n) is 14.4. The molecule has 12 rings (SSSR count). The number of para-hydroxylation sites is 3. The van der Waals surface area contributed by atoms with Gasteiger partial charge in [-0.2, -0.15) is 9.97 Å². The zero-order chi connectivity index (χ0) is 38.2. The van der Waals surface area contributed by atoms with Crippen molar-refractivity contribution in [3.8, 4) is 51.2 Å². The Labute approximate surface area is 331 Å². The molecule has 8 nitrogen and oxygen atoms in total. The molecule has 6 aromatic heterocycles. The molecule has 0 radical (unpaired) electrons. The van der Waals surface area contributed by atoms with Crippen LogP contribution in [-0.2, 0) is 0 Å². The molecule has 0 fully saturated rings. The van der Waals surface area contributed by atoms with Crippen molar-refractivity contribution in [1.82, 2.24) is 38.9 Å². The maximum Gasteiger partial charge on any atom is 0.238 e. The molecule has 0 N–H and O–H groups in total. The fourth-order valence-corrected chi connectivity index (χ4v) is 8.41. The van der Waals surface area contributed by atoms with Crippen LogP contribution in [0.3, 0.4) is 0 Å². The number of imidazole rings is 1. The molecule has 270 valence electrons. The Kier molecular flexibility index (Phi) is 7.06. The third kappa shape index (κ3) is 5.02. The molecule has 0 spiro atoms. The van der Waals surface area contributed by atoms with Gasteiger partial charge in [-0.3, -0.25) is 18.9 Å².